The summed E-state index contributed by atoms with van der Waals surface area (Å²) in [5.74, 6) is 2.67. The van der Waals surface area contributed by atoms with Crippen LogP contribution in [0.2, 0.25) is 0 Å². The molecule has 0 heterocycles. The summed E-state index contributed by atoms with van der Waals surface area (Å²) in [5.41, 5.74) is 2.54. The average Bonchev–Trinajstić information content (AvgIpc) is 2.96. The first-order chi connectivity index (χ1) is 13.1. The van der Waals surface area contributed by atoms with E-state index in [2.05, 4.69) is 13.0 Å². The van der Waals surface area contributed by atoms with Gasteiger partial charge in [0.25, 0.3) is 0 Å². The summed E-state index contributed by atoms with van der Waals surface area (Å²) in [6.07, 6.45) is 4.85. The number of hydrogen-bond acceptors (Lipinski definition) is 3. The zero-order valence-electron chi connectivity index (χ0n) is 15.8. The summed E-state index contributed by atoms with van der Waals surface area (Å²) in [7, 11) is 0. The molecule has 27 heavy (non-hydrogen) atoms. The topological polar surface area (TPSA) is 49.7 Å². The van der Waals surface area contributed by atoms with E-state index in [9.17, 15) is 10.2 Å². The van der Waals surface area contributed by atoms with Gasteiger partial charge in [0.15, 0.2) is 0 Å². The van der Waals surface area contributed by atoms with Gasteiger partial charge in [-0.3, -0.25) is 0 Å². The molecule has 3 unspecified atom stereocenters. The summed E-state index contributed by atoms with van der Waals surface area (Å²) in [6.45, 7) is 2.28. The van der Waals surface area contributed by atoms with Gasteiger partial charge in [-0.1, -0.05) is 31.2 Å². The van der Waals surface area contributed by atoms with E-state index in [-0.39, 0.29) is 17.6 Å². The van der Waals surface area contributed by atoms with Crippen LogP contribution in [0.4, 0.5) is 0 Å². The predicted molar refractivity (Wildman–Crippen MR) is 105 cm³/mol. The Hall–Kier alpha value is -2.00. The van der Waals surface area contributed by atoms with Crippen molar-refractivity contribution in [2.24, 2.45) is 17.3 Å². The third kappa shape index (κ3) is 2.67. The number of hydrogen-bond donors (Lipinski definition) is 2. The first kappa shape index (κ1) is 17.1. The van der Waals surface area contributed by atoms with E-state index < -0.39 is 0 Å². The fraction of sp³-hybridized carbons (Fsp3) is 0.500. The maximum absolute atomic E-state index is 10.8. The van der Waals surface area contributed by atoms with Crippen molar-refractivity contribution in [1.82, 2.24) is 0 Å². The van der Waals surface area contributed by atoms with E-state index in [1.165, 1.54) is 11.1 Å². The van der Waals surface area contributed by atoms with Crippen molar-refractivity contribution < 1.29 is 14.9 Å². The van der Waals surface area contributed by atoms with Crippen LogP contribution < -0.4 is 4.74 Å². The van der Waals surface area contributed by atoms with E-state index in [0.29, 0.717) is 23.5 Å². The number of fused-ring (bicyclic) bond motifs is 5. The minimum atomic E-state index is -0.230. The van der Waals surface area contributed by atoms with Gasteiger partial charge in [-0.25, -0.2) is 0 Å². The van der Waals surface area contributed by atoms with Crippen LogP contribution in [0, 0.1) is 17.3 Å². The Kier molecular flexibility index (Phi) is 3.98. The van der Waals surface area contributed by atoms with Gasteiger partial charge in [0.2, 0.25) is 0 Å². The van der Waals surface area contributed by atoms with Gasteiger partial charge in [0.1, 0.15) is 17.6 Å². The molecule has 6 atom stereocenters. The molecule has 0 saturated heterocycles. The van der Waals surface area contributed by atoms with Gasteiger partial charge in [-0.15, -0.1) is 0 Å². The number of rotatable bonds is 2. The number of aliphatic hydroxyl groups excluding tert-OH is 1. The molecule has 0 amide bonds. The fourth-order valence-corrected chi connectivity index (χ4v) is 6.38. The fourth-order valence-electron chi connectivity index (χ4n) is 6.38. The van der Waals surface area contributed by atoms with Crippen LogP contribution in [0.1, 0.15) is 49.7 Å². The van der Waals surface area contributed by atoms with Crippen LogP contribution in [0.15, 0.2) is 48.5 Å². The molecule has 0 radical (unpaired) electrons. The van der Waals surface area contributed by atoms with E-state index in [0.717, 1.165) is 37.9 Å². The number of aromatic hydroxyl groups is 1. The number of aryl methyl sites for hydroxylation is 1. The molecule has 3 aliphatic rings. The maximum atomic E-state index is 10.8. The van der Waals surface area contributed by atoms with E-state index >= 15 is 0 Å². The van der Waals surface area contributed by atoms with Crippen molar-refractivity contribution in [3.05, 3.63) is 59.7 Å². The molecule has 0 aliphatic heterocycles. The minimum Gasteiger partial charge on any atom is -0.508 e. The number of benzene rings is 2. The Balaban J connectivity index is 1.57. The van der Waals surface area contributed by atoms with Crippen molar-refractivity contribution in [1.29, 1.82) is 0 Å². The highest BCUT2D eigenvalue weighted by Crippen LogP contribution is 2.61. The zero-order valence-corrected chi connectivity index (χ0v) is 15.8. The van der Waals surface area contributed by atoms with Crippen molar-refractivity contribution in [2.45, 2.75) is 57.2 Å². The Morgan fingerprint density at radius 3 is 2.67 bits per heavy atom. The normalized spacial score (nSPS) is 37.2. The molecule has 3 heteroatoms. The van der Waals surface area contributed by atoms with E-state index in [4.69, 9.17) is 4.74 Å². The van der Waals surface area contributed by atoms with Gasteiger partial charge < -0.3 is 14.9 Å². The predicted octanol–water partition coefficient (Wildman–Crippen LogP) is 4.67. The number of aliphatic hydroxyl groups is 1. The van der Waals surface area contributed by atoms with Crippen LogP contribution in [-0.4, -0.2) is 22.4 Å². The molecule has 0 aromatic heterocycles. The lowest BCUT2D eigenvalue weighted by Crippen LogP contribution is -2.51. The lowest BCUT2D eigenvalue weighted by atomic mass is 9.54. The average molecular weight is 364 g/mol. The molecule has 3 nitrogen and oxygen atoms in total. The molecule has 0 bridgehead atoms. The molecular weight excluding hydrogens is 336 g/mol. The largest absolute Gasteiger partial charge is 0.508 e. The Labute approximate surface area is 161 Å². The molecule has 2 fully saturated rings. The van der Waals surface area contributed by atoms with Gasteiger partial charge >= 0.3 is 0 Å². The van der Waals surface area contributed by atoms with Crippen LogP contribution in [0.3, 0.4) is 0 Å². The molecule has 0 spiro atoms. The first-order valence-electron chi connectivity index (χ1n) is 10.3. The van der Waals surface area contributed by atoms with Gasteiger partial charge in [-0.2, -0.15) is 0 Å². The summed E-state index contributed by atoms with van der Waals surface area (Å²) >= 11 is 0. The van der Waals surface area contributed by atoms with Crippen LogP contribution in [-0.2, 0) is 6.42 Å². The lowest BCUT2D eigenvalue weighted by Gasteiger charge is -2.53. The zero-order chi connectivity index (χ0) is 18.6. The SMILES string of the molecule is CC12C[C@H](Oc3ccccc3)[C@@H]3c4ccc(O)cc4CCC3[C@@H]1CCC2O. The standard InChI is InChI=1S/C24H28O3/c1-24-14-21(27-17-5-3-2-4-6-17)23-18-10-8-16(25)13-15(18)7-9-19(23)20(24)11-12-22(24)26/h2-6,8,10,13,19-23,25-26H,7,9,11-12,14H2,1H3/t19?,20-,21-,22?,23+,24?/m0/s1. The van der Waals surface area contributed by atoms with Crippen LogP contribution in [0.5, 0.6) is 11.5 Å². The van der Waals surface area contributed by atoms with E-state index in [1.807, 2.05) is 42.5 Å². The Bertz CT molecular complexity index is 833. The molecule has 2 saturated carbocycles. The van der Waals surface area contributed by atoms with Crippen LogP contribution in [0.25, 0.3) is 0 Å². The molecule has 2 N–H and O–H groups in total. The highest BCUT2D eigenvalue weighted by atomic mass is 16.5. The Morgan fingerprint density at radius 1 is 1.04 bits per heavy atom. The second-order valence-electron chi connectivity index (χ2n) is 8.99. The summed E-state index contributed by atoms with van der Waals surface area (Å²) in [5, 5.41) is 20.7. The third-order valence-electron chi connectivity index (χ3n) is 7.64. The number of ether oxygens (including phenoxy) is 1. The second-order valence-corrected chi connectivity index (χ2v) is 8.99. The number of phenolic OH excluding ortho intramolecular Hbond substituents is 1. The molecule has 142 valence electrons. The van der Waals surface area contributed by atoms with Gasteiger partial charge in [0.05, 0.1) is 6.10 Å². The monoisotopic (exact) mass is 364 g/mol. The number of para-hydroxylation sites is 1. The second kappa shape index (κ2) is 6.27. The van der Waals surface area contributed by atoms with Crippen molar-refractivity contribution >= 4 is 0 Å². The minimum absolute atomic E-state index is 0.0509. The first-order valence-corrected chi connectivity index (χ1v) is 10.3. The van der Waals surface area contributed by atoms with Crippen molar-refractivity contribution in [3.63, 3.8) is 0 Å². The molecular formula is C24H28O3. The van der Waals surface area contributed by atoms with Gasteiger partial charge in [0, 0.05) is 11.3 Å². The highest BCUT2D eigenvalue weighted by molar-refractivity contribution is 5.41. The number of phenols is 1. The van der Waals surface area contributed by atoms with E-state index in [1.54, 1.807) is 0 Å². The van der Waals surface area contributed by atoms with Gasteiger partial charge in [-0.05, 0) is 79.3 Å². The summed E-state index contributed by atoms with van der Waals surface area (Å²) in [4.78, 5) is 0. The van der Waals surface area contributed by atoms with Crippen molar-refractivity contribution in [3.8, 4) is 11.5 Å². The smallest absolute Gasteiger partial charge is 0.119 e. The maximum Gasteiger partial charge on any atom is 0.119 e. The third-order valence-corrected chi connectivity index (χ3v) is 7.64. The quantitative estimate of drug-likeness (QED) is 0.814. The molecule has 2 aromatic carbocycles. The summed E-state index contributed by atoms with van der Waals surface area (Å²) < 4.78 is 6.56. The summed E-state index contributed by atoms with van der Waals surface area (Å²) in [6, 6.07) is 15.9. The Morgan fingerprint density at radius 2 is 1.85 bits per heavy atom. The van der Waals surface area contributed by atoms with Crippen molar-refractivity contribution in [2.75, 3.05) is 0 Å². The molecule has 3 aliphatic carbocycles. The molecule has 2 aromatic rings. The van der Waals surface area contributed by atoms with Crippen LogP contribution >= 0.6 is 0 Å². The molecule has 5 rings (SSSR count). The lowest BCUT2D eigenvalue weighted by molar-refractivity contribution is -0.0716. The highest BCUT2D eigenvalue weighted by Gasteiger charge is 2.58.